The topological polar surface area (TPSA) is 80.1 Å². The Morgan fingerprint density at radius 3 is 2.52 bits per heavy atom. The monoisotopic (exact) mass is 554 g/mol. The van der Waals surface area contributed by atoms with Gasteiger partial charge in [0.2, 0.25) is 0 Å². The number of carbonyl (C=O) groups excluding carboxylic acids is 1. The lowest BCUT2D eigenvalue weighted by Gasteiger charge is -2.13. The summed E-state index contributed by atoms with van der Waals surface area (Å²) >= 11 is 1.21. The molecule has 0 spiro atoms. The summed E-state index contributed by atoms with van der Waals surface area (Å²) in [6.45, 7) is 6.93. The van der Waals surface area contributed by atoms with Crippen molar-refractivity contribution < 1.29 is 19.4 Å². The van der Waals surface area contributed by atoms with Gasteiger partial charge >= 0.3 is 0 Å². The molecular formula is C33H32NO5S-. The number of aromatic nitrogens is 1. The van der Waals surface area contributed by atoms with Crippen LogP contribution in [0.2, 0.25) is 0 Å². The zero-order valence-corrected chi connectivity index (χ0v) is 24.0. The molecule has 2 heterocycles. The van der Waals surface area contributed by atoms with Crippen molar-refractivity contribution in [2.75, 3.05) is 13.7 Å². The van der Waals surface area contributed by atoms with Crippen molar-refractivity contribution in [3.8, 4) is 21.9 Å². The standard InChI is InChI=1S/C33H33NO5S/c1-20(2)9-8-16-39-27-15-14-24(17-21(27)3)31-29(33(36)37)34-28(35)19-25(30(38-4)32(34)40-31)18-23-12-7-11-22-10-5-6-13-26(22)23/h5-7,10-15,17,19-20H,8-9,16,18H2,1-4H3,(H,36,37)/p-1. The number of ether oxygens (including phenoxy) is 2. The van der Waals surface area contributed by atoms with Crippen molar-refractivity contribution >= 4 is 32.9 Å². The molecule has 0 amide bonds. The minimum atomic E-state index is -1.42. The second kappa shape index (κ2) is 11.6. The van der Waals surface area contributed by atoms with E-state index in [0.29, 0.717) is 45.5 Å². The highest BCUT2D eigenvalue weighted by molar-refractivity contribution is 7.21. The van der Waals surface area contributed by atoms with Gasteiger partial charge in [0.1, 0.15) is 10.6 Å². The van der Waals surface area contributed by atoms with Gasteiger partial charge in [-0.1, -0.05) is 56.3 Å². The number of thiazole rings is 1. The van der Waals surface area contributed by atoms with Crippen LogP contribution in [0.15, 0.2) is 71.5 Å². The lowest BCUT2D eigenvalue weighted by Crippen LogP contribution is -2.28. The number of methoxy groups -OCH3 is 1. The molecule has 0 N–H and O–H groups in total. The number of hydrogen-bond donors (Lipinski definition) is 0. The van der Waals surface area contributed by atoms with E-state index in [4.69, 9.17) is 9.47 Å². The number of benzene rings is 3. The summed E-state index contributed by atoms with van der Waals surface area (Å²) in [5.41, 5.74) is 2.70. The Bertz CT molecular complexity index is 1760. The predicted octanol–water partition coefficient (Wildman–Crippen LogP) is 6.27. The van der Waals surface area contributed by atoms with Crippen LogP contribution >= 0.6 is 11.3 Å². The molecule has 0 saturated heterocycles. The zero-order valence-electron chi connectivity index (χ0n) is 23.2. The van der Waals surface area contributed by atoms with E-state index in [1.807, 2.05) is 49.4 Å². The Labute approximate surface area is 237 Å². The van der Waals surface area contributed by atoms with Gasteiger partial charge in [-0.05, 0) is 71.3 Å². The van der Waals surface area contributed by atoms with Gasteiger partial charge in [0.15, 0.2) is 5.75 Å². The molecule has 0 saturated carbocycles. The molecule has 0 bridgehead atoms. The molecule has 5 aromatic rings. The van der Waals surface area contributed by atoms with Gasteiger partial charge in [0.05, 0.1) is 30.3 Å². The molecule has 0 aliphatic heterocycles. The third-order valence-corrected chi connectivity index (χ3v) is 8.32. The second-order valence-corrected chi connectivity index (χ2v) is 11.4. The lowest BCUT2D eigenvalue weighted by atomic mass is 9.98. The molecule has 0 aliphatic carbocycles. The molecule has 206 valence electrons. The van der Waals surface area contributed by atoms with Gasteiger partial charge in [-0.2, -0.15) is 0 Å². The van der Waals surface area contributed by atoms with E-state index in [-0.39, 0.29) is 5.69 Å². The molecule has 3 aromatic carbocycles. The Kier molecular flexibility index (Phi) is 7.94. The fourth-order valence-electron chi connectivity index (χ4n) is 5.18. The summed E-state index contributed by atoms with van der Waals surface area (Å²) in [6.07, 6.45) is 2.52. The van der Waals surface area contributed by atoms with Crippen LogP contribution in [0.3, 0.4) is 0 Å². The number of carboxylic acids is 1. The normalized spacial score (nSPS) is 11.4. The van der Waals surface area contributed by atoms with Gasteiger partial charge in [0.25, 0.3) is 5.56 Å². The van der Waals surface area contributed by atoms with Crippen LogP contribution in [0.4, 0.5) is 0 Å². The third-order valence-electron chi connectivity index (χ3n) is 7.12. The van der Waals surface area contributed by atoms with Crippen molar-refractivity contribution in [1.82, 2.24) is 4.40 Å². The molecule has 7 heteroatoms. The number of rotatable bonds is 10. The lowest BCUT2D eigenvalue weighted by molar-refractivity contribution is -0.255. The molecule has 0 unspecified atom stereocenters. The smallest absolute Gasteiger partial charge is 0.256 e. The first-order valence-corrected chi connectivity index (χ1v) is 14.3. The van der Waals surface area contributed by atoms with Crippen molar-refractivity contribution in [3.63, 3.8) is 0 Å². The van der Waals surface area contributed by atoms with Gasteiger partial charge in [-0.15, -0.1) is 11.3 Å². The summed E-state index contributed by atoms with van der Waals surface area (Å²) in [6, 6.07) is 21.2. The highest BCUT2D eigenvalue weighted by Crippen LogP contribution is 2.39. The minimum Gasteiger partial charge on any atom is -0.543 e. The van der Waals surface area contributed by atoms with Crippen LogP contribution in [-0.2, 0) is 6.42 Å². The quantitative estimate of drug-likeness (QED) is 0.190. The molecule has 6 nitrogen and oxygen atoms in total. The fourth-order valence-corrected chi connectivity index (χ4v) is 6.47. The van der Waals surface area contributed by atoms with E-state index < -0.39 is 11.5 Å². The molecule has 0 fully saturated rings. The molecule has 2 aromatic heterocycles. The number of nitrogens with zero attached hydrogens (tertiary/aromatic N) is 1. The summed E-state index contributed by atoms with van der Waals surface area (Å²) in [7, 11) is 1.54. The number of fused-ring (bicyclic) bond motifs is 2. The van der Waals surface area contributed by atoms with Gasteiger partial charge in [-0.3, -0.25) is 9.20 Å². The van der Waals surface area contributed by atoms with Crippen LogP contribution in [0.1, 0.15) is 53.9 Å². The second-order valence-electron chi connectivity index (χ2n) is 10.4. The van der Waals surface area contributed by atoms with Crippen LogP contribution in [0, 0.1) is 12.8 Å². The SMILES string of the molecule is COc1c(Cc2cccc3ccccc23)cc(=O)n2c(C(=O)[O-])c(-c3ccc(OCCCC(C)C)c(C)c3)sc12. The number of pyridine rings is 1. The fraction of sp³-hybridized carbons (Fsp3) is 0.273. The number of hydrogen-bond acceptors (Lipinski definition) is 6. The Morgan fingerprint density at radius 1 is 1.02 bits per heavy atom. The van der Waals surface area contributed by atoms with Crippen molar-refractivity contribution in [1.29, 1.82) is 0 Å². The van der Waals surface area contributed by atoms with Gasteiger partial charge in [-0.25, -0.2) is 0 Å². The van der Waals surface area contributed by atoms with Crippen LogP contribution in [0.5, 0.6) is 11.5 Å². The summed E-state index contributed by atoms with van der Waals surface area (Å²) in [4.78, 5) is 26.7. The first-order valence-electron chi connectivity index (χ1n) is 13.5. The van der Waals surface area contributed by atoms with E-state index in [9.17, 15) is 14.7 Å². The number of aromatic carboxylic acids is 1. The molecule has 5 rings (SSSR count). The van der Waals surface area contributed by atoms with E-state index in [0.717, 1.165) is 40.5 Å². The number of carboxylic acid groups (broad SMARTS) is 1. The maximum Gasteiger partial charge on any atom is 0.256 e. The first kappa shape index (κ1) is 27.5. The number of carbonyl (C=O) groups is 1. The average molecular weight is 555 g/mol. The zero-order chi connectivity index (χ0) is 28.4. The summed E-state index contributed by atoms with van der Waals surface area (Å²) in [5, 5.41) is 14.6. The summed E-state index contributed by atoms with van der Waals surface area (Å²) in [5.74, 6) is 0.443. The van der Waals surface area contributed by atoms with Crippen LogP contribution in [-0.4, -0.2) is 24.1 Å². The molecule has 40 heavy (non-hydrogen) atoms. The molecule has 0 radical (unpaired) electrons. The van der Waals surface area contributed by atoms with Gasteiger partial charge in [0, 0.05) is 18.1 Å². The summed E-state index contributed by atoms with van der Waals surface area (Å²) < 4.78 is 13.0. The maximum atomic E-state index is 13.4. The predicted molar refractivity (Wildman–Crippen MR) is 159 cm³/mol. The highest BCUT2D eigenvalue weighted by atomic mass is 32.1. The Balaban J connectivity index is 1.58. The van der Waals surface area contributed by atoms with E-state index in [2.05, 4.69) is 32.0 Å². The van der Waals surface area contributed by atoms with Crippen LogP contribution in [0.25, 0.3) is 26.0 Å². The van der Waals surface area contributed by atoms with Crippen molar-refractivity contribution in [2.45, 2.75) is 40.0 Å². The average Bonchev–Trinajstić information content (AvgIpc) is 3.34. The van der Waals surface area contributed by atoms with Crippen molar-refractivity contribution in [2.24, 2.45) is 5.92 Å². The van der Waals surface area contributed by atoms with Gasteiger partial charge < -0.3 is 19.4 Å². The Hall–Kier alpha value is -4.10. The number of aryl methyl sites for hydroxylation is 1. The maximum absolute atomic E-state index is 13.4. The van der Waals surface area contributed by atoms with E-state index in [1.54, 1.807) is 7.11 Å². The minimum absolute atomic E-state index is 0.176. The van der Waals surface area contributed by atoms with Crippen molar-refractivity contribution in [3.05, 3.63) is 99.5 Å². The largest absolute Gasteiger partial charge is 0.543 e. The highest BCUT2D eigenvalue weighted by Gasteiger charge is 2.22. The Morgan fingerprint density at radius 2 is 1.80 bits per heavy atom. The van der Waals surface area contributed by atoms with E-state index in [1.165, 1.54) is 21.8 Å². The molecule has 0 atom stereocenters. The first-order chi connectivity index (χ1) is 19.3. The third kappa shape index (κ3) is 5.34. The van der Waals surface area contributed by atoms with E-state index >= 15 is 0 Å². The molecular weight excluding hydrogens is 522 g/mol. The van der Waals surface area contributed by atoms with Crippen LogP contribution < -0.4 is 20.1 Å². The molecule has 0 aliphatic rings.